The van der Waals surface area contributed by atoms with Crippen LogP contribution >= 0.6 is 0 Å². The first kappa shape index (κ1) is 16.6. The van der Waals surface area contributed by atoms with Crippen molar-refractivity contribution >= 4 is 5.95 Å². The van der Waals surface area contributed by atoms with E-state index in [2.05, 4.69) is 19.8 Å². The molecule has 1 aliphatic rings. The van der Waals surface area contributed by atoms with Gasteiger partial charge in [-0.1, -0.05) is 6.07 Å². The Hall–Kier alpha value is -2.21. The number of aryl methyl sites for hydroxylation is 1. The molecule has 6 heteroatoms. The topological polar surface area (TPSA) is 41.5 Å². The SMILES string of the molecule is COc1ccc(CN2CCC(N(C)c3nccc(C)n3)C2)cc1F. The van der Waals surface area contributed by atoms with Crippen molar-refractivity contribution in [1.82, 2.24) is 14.9 Å². The average molecular weight is 330 g/mol. The van der Waals surface area contributed by atoms with Gasteiger partial charge in [0.25, 0.3) is 0 Å². The first-order valence-corrected chi connectivity index (χ1v) is 8.14. The fraction of sp³-hybridized carbons (Fsp3) is 0.444. The molecule has 1 unspecified atom stereocenters. The van der Waals surface area contributed by atoms with Gasteiger partial charge in [0.1, 0.15) is 0 Å². The lowest BCUT2D eigenvalue weighted by Gasteiger charge is -2.25. The number of methoxy groups -OCH3 is 1. The number of rotatable bonds is 5. The molecule has 1 atom stereocenters. The average Bonchev–Trinajstić information content (AvgIpc) is 3.03. The molecule has 1 fully saturated rings. The Morgan fingerprint density at radius 1 is 1.38 bits per heavy atom. The molecule has 3 rings (SSSR count). The van der Waals surface area contributed by atoms with E-state index in [1.165, 1.54) is 7.11 Å². The van der Waals surface area contributed by atoms with Gasteiger partial charge in [-0.2, -0.15) is 0 Å². The molecule has 0 aliphatic carbocycles. The summed E-state index contributed by atoms with van der Waals surface area (Å²) in [6.45, 7) is 4.61. The van der Waals surface area contributed by atoms with Crippen molar-refractivity contribution < 1.29 is 9.13 Å². The third-order valence-electron chi connectivity index (χ3n) is 4.52. The number of likely N-dealkylation sites (N-methyl/N-ethyl adjacent to an activating group) is 1. The smallest absolute Gasteiger partial charge is 0.225 e. The largest absolute Gasteiger partial charge is 0.494 e. The summed E-state index contributed by atoms with van der Waals surface area (Å²) in [7, 11) is 3.52. The molecule has 0 bridgehead atoms. The van der Waals surface area contributed by atoms with Gasteiger partial charge in [0, 0.05) is 44.6 Å². The van der Waals surface area contributed by atoms with Crippen LogP contribution in [-0.2, 0) is 6.54 Å². The van der Waals surface area contributed by atoms with Gasteiger partial charge in [0.05, 0.1) is 7.11 Å². The third kappa shape index (κ3) is 3.64. The Morgan fingerprint density at radius 2 is 2.21 bits per heavy atom. The normalized spacial score (nSPS) is 17.9. The quantitative estimate of drug-likeness (QED) is 0.843. The highest BCUT2D eigenvalue weighted by atomic mass is 19.1. The predicted molar refractivity (Wildman–Crippen MR) is 91.8 cm³/mol. The monoisotopic (exact) mass is 330 g/mol. The summed E-state index contributed by atoms with van der Waals surface area (Å²) < 4.78 is 18.8. The van der Waals surface area contributed by atoms with Gasteiger partial charge in [0.15, 0.2) is 11.6 Å². The van der Waals surface area contributed by atoms with Crippen LogP contribution in [0.2, 0.25) is 0 Å². The van der Waals surface area contributed by atoms with Crippen LogP contribution in [0, 0.1) is 12.7 Å². The van der Waals surface area contributed by atoms with E-state index in [-0.39, 0.29) is 11.6 Å². The number of hydrogen-bond acceptors (Lipinski definition) is 5. The van der Waals surface area contributed by atoms with Crippen molar-refractivity contribution in [2.75, 3.05) is 32.1 Å². The summed E-state index contributed by atoms with van der Waals surface area (Å²) >= 11 is 0. The third-order valence-corrected chi connectivity index (χ3v) is 4.52. The molecule has 1 aromatic heterocycles. The summed E-state index contributed by atoms with van der Waals surface area (Å²) in [4.78, 5) is 13.3. The molecule has 128 valence electrons. The van der Waals surface area contributed by atoms with Crippen LogP contribution in [0.1, 0.15) is 17.7 Å². The maximum absolute atomic E-state index is 13.8. The van der Waals surface area contributed by atoms with Gasteiger partial charge in [-0.05, 0) is 37.1 Å². The summed E-state index contributed by atoms with van der Waals surface area (Å²) in [6, 6.07) is 7.43. The second-order valence-corrected chi connectivity index (χ2v) is 6.26. The van der Waals surface area contributed by atoms with Crippen LogP contribution in [0.4, 0.5) is 10.3 Å². The summed E-state index contributed by atoms with van der Waals surface area (Å²) in [5.41, 5.74) is 1.93. The van der Waals surface area contributed by atoms with Gasteiger partial charge in [-0.3, -0.25) is 4.90 Å². The molecule has 0 radical (unpaired) electrons. The number of ether oxygens (including phenoxy) is 1. The molecule has 24 heavy (non-hydrogen) atoms. The van der Waals surface area contributed by atoms with E-state index < -0.39 is 0 Å². The van der Waals surface area contributed by atoms with E-state index >= 15 is 0 Å². The predicted octanol–water partition coefficient (Wildman–Crippen LogP) is 2.64. The summed E-state index contributed by atoms with van der Waals surface area (Å²) in [5, 5.41) is 0. The second-order valence-electron chi connectivity index (χ2n) is 6.26. The molecule has 2 heterocycles. The minimum atomic E-state index is -0.309. The highest BCUT2D eigenvalue weighted by Gasteiger charge is 2.27. The lowest BCUT2D eigenvalue weighted by molar-refractivity contribution is 0.324. The van der Waals surface area contributed by atoms with Crippen molar-refractivity contribution in [3.63, 3.8) is 0 Å². The number of likely N-dealkylation sites (tertiary alicyclic amines) is 1. The van der Waals surface area contributed by atoms with E-state index in [0.29, 0.717) is 6.04 Å². The maximum atomic E-state index is 13.8. The zero-order valence-corrected chi connectivity index (χ0v) is 14.4. The van der Waals surface area contributed by atoms with E-state index in [0.717, 1.165) is 43.3 Å². The Bertz CT molecular complexity index is 709. The van der Waals surface area contributed by atoms with Crippen LogP contribution in [0.3, 0.4) is 0 Å². The van der Waals surface area contributed by atoms with E-state index in [1.807, 2.05) is 26.1 Å². The lowest BCUT2D eigenvalue weighted by atomic mass is 10.2. The fourth-order valence-electron chi connectivity index (χ4n) is 3.11. The van der Waals surface area contributed by atoms with Crippen molar-refractivity contribution in [3.8, 4) is 5.75 Å². The van der Waals surface area contributed by atoms with Crippen molar-refractivity contribution in [2.45, 2.75) is 25.9 Å². The molecule has 0 amide bonds. The number of aromatic nitrogens is 2. The van der Waals surface area contributed by atoms with Crippen LogP contribution in [-0.4, -0.2) is 48.2 Å². The molecule has 1 saturated heterocycles. The molecule has 1 aliphatic heterocycles. The number of nitrogens with zero attached hydrogens (tertiary/aromatic N) is 4. The van der Waals surface area contributed by atoms with Crippen molar-refractivity contribution in [1.29, 1.82) is 0 Å². The lowest BCUT2D eigenvalue weighted by Crippen LogP contribution is -2.35. The molecule has 0 spiro atoms. The zero-order chi connectivity index (χ0) is 17.1. The highest BCUT2D eigenvalue weighted by molar-refractivity contribution is 5.32. The fourth-order valence-corrected chi connectivity index (χ4v) is 3.11. The molecule has 5 nitrogen and oxygen atoms in total. The minimum Gasteiger partial charge on any atom is -0.494 e. The molecular weight excluding hydrogens is 307 g/mol. The molecule has 0 N–H and O–H groups in total. The standard InChI is InChI=1S/C18H23FN4O/c1-13-6-8-20-18(21-13)22(2)15-7-9-23(12-15)11-14-4-5-17(24-3)16(19)10-14/h4-6,8,10,15H,7,9,11-12H2,1-3H3. The Kier molecular flexibility index (Phi) is 4.94. The molecule has 1 aromatic carbocycles. The van der Waals surface area contributed by atoms with Crippen LogP contribution < -0.4 is 9.64 Å². The van der Waals surface area contributed by atoms with Gasteiger partial charge < -0.3 is 9.64 Å². The summed E-state index contributed by atoms with van der Waals surface area (Å²) in [6.07, 6.45) is 2.84. The summed E-state index contributed by atoms with van der Waals surface area (Å²) in [5.74, 6) is 0.739. The van der Waals surface area contributed by atoms with Gasteiger partial charge in [0.2, 0.25) is 5.95 Å². The van der Waals surface area contributed by atoms with E-state index in [4.69, 9.17) is 4.74 Å². The Labute approximate surface area is 142 Å². The zero-order valence-electron chi connectivity index (χ0n) is 14.4. The first-order chi connectivity index (χ1) is 11.6. The van der Waals surface area contributed by atoms with Crippen LogP contribution in [0.5, 0.6) is 5.75 Å². The number of anilines is 1. The molecule has 2 aromatic rings. The molecular formula is C18H23FN4O. The van der Waals surface area contributed by atoms with Gasteiger partial charge in [-0.25, -0.2) is 14.4 Å². The van der Waals surface area contributed by atoms with E-state index in [9.17, 15) is 4.39 Å². The van der Waals surface area contributed by atoms with Crippen LogP contribution in [0.15, 0.2) is 30.5 Å². The number of hydrogen-bond donors (Lipinski definition) is 0. The first-order valence-electron chi connectivity index (χ1n) is 8.14. The minimum absolute atomic E-state index is 0.286. The highest BCUT2D eigenvalue weighted by Crippen LogP contribution is 2.22. The molecule has 0 saturated carbocycles. The number of benzene rings is 1. The van der Waals surface area contributed by atoms with Gasteiger partial charge >= 0.3 is 0 Å². The number of halogens is 1. The van der Waals surface area contributed by atoms with Crippen molar-refractivity contribution in [3.05, 3.63) is 47.5 Å². The van der Waals surface area contributed by atoms with Crippen LogP contribution in [0.25, 0.3) is 0 Å². The second kappa shape index (κ2) is 7.13. The van der Waals surface area contributed by atoms with Gasteiger partial charge in [-0.15, -0.1) is 0 Å². The van der Waals surface area contributed by atoms with E-state index in [1.54, 1.807) is 18.3 Å². The Morgan fingerprint density at radius 3 is 2.92 bits per heavy atom. The van der Waals surface area contributed by atoms with Crippen molar-refractivity contribution in [2.24, 2.45) is 0 Å². The Balaban J connectivity index is 1.62. The maximum Gasteiger partial charge on any atom is 0.225 e.